The molecule has 0 amide bonds. The third-order valence-corrected chi connectivity index (χ3v) is 2.49. The van der Waals surface area contributed by atoms with Crippen molar-refractivity contribution in [1.82, 2.24) is 0 Å². The highest BCUT2D eigenvalue weighted by Gasteiger charge is 2.31. The van der Waals surface area contributed by atoms with Crippen LogP contribution in [0, 0.1) is 0 Å². The Morgan fingerprint density at radius 2 is 1.88 bits per heavy atom. The van der Waals surface area contributed by atoms with E-state index in [4.69, 9.17) is 9.84 Å². The highest BCUT2D eigenvalue weighted by atomic mass is 16.6. The number of aldehydes is 2. The monoisotopic (exact) mass is 220 g/mol. The Kier molecular flexibility index (Phi) is 2.54. The van der Waals surface area contributed by atoms with Crippen molar-refractivity contribution in [3.05, 3.63) is 34.4 Å². The van der Waals surface area contributed by atoms with Crippen LogP contribution in [0.4, 0.5) is 0 Å². The first-order valence-corrected chi connectivity index (χ1v) is 4.61. The average molecular weight is 220 g/mol. The lowest BCUT2D eigenvalue weighted by Crippen LogP contribution is -2.03. The van der Waals surface area contributed by atoms with Gasteiger partial charge in [-0.05, 0) is 12.1 Å². The van der Waals surface area contributed by atoms with E-state index >= 15 is 0 Å². The van der Waals surface area contributed by atoms with Gasteiger partial charge >= 0.3 is 5.97 Å². The quantitative estimate of drug-likeness (QED) is 0.593. The molecule has 1 atom stereocenters. The predicted octanol–water partition coefficient (Wildman–Crippen LogP) is 0.515. The Morgan fingerprint density at radius 1 is 1.25 bits per heavy atom. The fourth-order valence-electron chi connectivity index (χ4n) is 1.69. The summed E-state index contributed by atoms with van der Waals surface area (Å²) in [6.45, 7) is -0.350. The molecule has 1 aromatic rings. The summed E-state index contributed by atoms with van der Waals surface area (Å²) < 4.78 is 4.86. The van der Waals surface area contributed by atoms with Crippen molar-refractivity contribution >= 4 is 18.5 Å². The summed E-state index contributed by atoms with van der Waals surface area (Å²) in [4.78, 5) is 32.8. The number of aliphatic hydroxyl groups excluding tert-OH is 1. The Balaban J connectivity index is 2.63. The molecule has 0 saturated heterocycles. The molecule has 2 rings (SSSR count). The van der Waals surface area contributed by atoms with Crippen LogP contribution in [0.1, 0.15) is 42.7 Å². The van der Waals surface area contributed by atoms with Crippen LogP contribution in [0.5, 0.6) is 0 Å². The number of aliphatic hydroxyl groups is 1. The molecule has 5 heteroatoms. The zero-order chi connectivity index (χ0) is 11.7. The molecule has 1 aromatic carbocycles. The lowest BCUT2D eigenvalue weighted by Gasteiger charge is -2.06. The van der Waals surface area contributed by atoms with Crippen LogP contribution in [0.2, 0.25) is 0 Å². The summed E-state index contributed by atoms with van der Waals surface area (Å²) in [6.07, 6.45) is 0.284. The van der Waals surface area contributed by atoms with Gasteiger partial charge in [-0.3, -0.25) is 9.59 Å². The van der Waals surface area contributed by atoms with Gasteiger partial charge in [0.25, 0.3) is 0 Å². The van der Waals surface area contributed by atoms with Crippen molar-refractivity contribution in [2.45, 2.75) is 6.10 Å². The summed E-state index contributed by atoms with van der Waals surface area (Å²) in [7, 11) is 0. The molecule has 0 spiro atoms. The first-order valence-electron chi connectivity index (χ1n) is 4.61. The summed E-state index contributed by atoms with van der Waals surface area (Å²) in [5.41, 5.74) is 1.00. The number of hydrogen-bond donors (Lipinski definition) is 1. The van der Waals surface area contributed by atoms with Gasteiger partial charge in [0, 0.05) is 16.7 Å². The topological polar surface area (TPSA) is 80.7 Å². The number of cyclic esters (lactones) is 1. The molecular formula is C11H8O5. The number of esters is 1. The van der Waals surface area contributed by atoms with Crippen LogP contribution < -0.4 is 0 Å². The third-order valence-electron chi connectivity index (χ3n) is 2.49. The number of fused-ring (bicyclic) bond motifs is 1. The Hall–Kier alpha value is -2.01. The summed E-state index contributed by atoms with van der Waals surface area (Å²) >= 11 is 0. The van der Waals surface area contributed by atoms with Gasteiger partial charge in [0.15, 0.2) is 18.7 Å². The van der Waals surface area contributed by atoms with Crippen molar-refractivity contribution in [2.75, 3.05) is 6.61 Å². The van der Waals surface area contributed by atoms with Crippen molar-refractivity contribution in [2.24, 2.45) is 0 Å². The van der Waals surface area contributed by atoms with Crippen LogP contribution in [0.25, 0.3) is 0 Å². The molecule has 0 radical (unpaired) electrons. The minimum Gasteiger partial charge on any atom is -0.451 e. The SMILES string of the molecule is O=Cc1cc2c(cc1C=O)[C@H](CO)OC2=O. The molecule has 0 fully saturated rings. The second kappa shape index (κ2) is 3.86. The van der Waals surface area contributed by atoms with Gasteiger partial charge < -0.3 is 9.84 Å². The summed E-state index contributed by atoms with van der Waals surface area (Å²) in [5.74, 6) is -0.588. The van der Waals surface area contributed by atoms with Gasteiger partial charge in [-0.25, -0.2) is 4.79 Å². The second-order valence-electron chi connectivity index (χ2n) is 3.38. The fourth-order valence-corrected chi connectivity index (χ4v) is 1.69. The average Bonchev–Trinajstić information content (AvgIpc) is 2.63. The van der Waals surface area contributed by atoms with Crippen LogP contribution in [-0.4, -0.2) is 30.3 Å². The minimum absolute atomic E-state index is 0.143. The maximum absolute atomic E-state index is 11.4. The van der Waals surface area contributed by atoms with E-state index in [0.717, 1.165) is 0 Å². The molecule has 1 N–H and O–H groups in total. The van der Waals surface area contributed by atoms with E-state index in [9.17, 15) is 14.4 Å². The Morgan fingerprint density at radius 3 is 2.44 bits per heavy atom. The van der Waals surface area contributed by atoms with Crippen molar-refractivity contribution in [1.29, 1.82) is 0 Å². The maximum Gasteiger partial charge on any atom is 0.339 e. The van der Waals surface area contributed by atoms with Gasteiger partial charge in [0.2, 0.25) is 0 Å². The molecule has 0 bridgehead atoms. The van der Waals surface area contributed by atoms with Gasteiger partial charge in [-0.1, -0.05) is 0 Å². The normalized spacial score (nSPS) is 17.8. The summed E-state index contributed by atoms with van der Waals surface area (Å²) in [6, 6.07) is 2.71. The lowest BCUT2D eigenvalue weighted by molar-refractivity contribution is 0.0235. The van der Waals surface area contributed by atoms with E-state index in [2.05, 4.69) is 0 Å². The van der Waals surface area contributed by atoms with E-state index in [-0.39, 0.29) is 23.3 Å². The highest BCUT2D eigenvalue weighted by molar-refractivity contribution is 5.99. The van der Waals surface area contributed by atoms with Crippen molar-refractivity contribution < 1.29 is 24.2 Å². The number of carbonyl (C=O) groups excluding carboxylic acids is 3. The molecule has 5 nitrogen and oxygen atoms in total. The van der Waals surface area contributed by atoms with Crippen LogP contribution >= 0.6 is 0 Å². The summed E-state index contributed by atoms with van der Waals surface area (Å²) in [5, 5.41) is 8.99. The number of hydrogen-bond acceptors (Lipinski definition) is 5. The first kappa shape index (κ1) is 10.5. The number of carbonyl (C=O) groups is 3. The van der Waals surface area contributed by atoms with Gasteiger partial charge in [-0.15, -0.1) is 0 Å². The molecule has 82 valence electrons. The smallest absolute Gasteiger partial charge is 0.339 e. The van der Waals surface area contributed by atoms with Crippen LogP contribution in [0.3, 0.4) is 0 Å². The van der Waals surface area contributed by atoms with E-state index in [1.165, 1.54) is 12.1 Å². The molecule has 0 aromatic heterocycles. The molecule has 1 heterocycles. The van der Waals surface area contributed by atoms with Crippen LogP contribution in [-0.2, 0) is 4.74 Å². The largest absolute Gasteiger partial charge is 0.451 e. The molecule has 1 aliphatic rings. The van der Waals surface area contributed by atoms with E-state index in [1.54, 1.807) is 0 Å². The standard InChI is InChI=1S/C11H8O5/c12-3-6-1-8-9(2-7(6)4-13)11(15)16-10(8)5-14/h1-4,10,14H,5H2/t10-/m0/s1. The third kappa shape index (κ3) is 1.42. The van der Waals surface area contributed by atoms with E-state index in [0.29, 0.717) is 18.1 Å². The van der Waals surface area contributed by atoms with Crippen molar-refractivity contribution in [3.63, 3.8) is 0 Å². The molecule has 0 aliphatic carbocycles. The number of benzene rings is 1. The van der Waals surface area contributed by atoms with Crippen molar-refractivity contribution in [3.8, 4) is 0 Å². The first-order chi connectivity index (χ1) is 7.71. The molecule has 0 unspecified atom stereocenters. The number of ether oxygens (including phenoxy) is 1. The lowest BCUT2D eigenvalue weighted by atomic mass is 9.98. The Bertz CT molecular complexity index is 478. The zero-order valence-electron chi connectivity index (χ0n) is 8.17. The highest BCUT2D eigenvalue weighted by Crippen LogP contribution is 2.31. The van der Waals surface area contributed by atoms with Crippen LogP contribution in [0.15, 0.2) is 12.1 Å². The molecule has 0 saturated carbocycles. The van der Waals surface area contributed by atoms with Gasteiger partial charge in [0.1, 0.15) is 0 Å². The molecule has 1 aliphatic heterocycles. The predicted molar refractivity (Wildman–Crippen MR) is 52.5 cm³/mol. The van der Waals surface area contributed by atoms with E-state index in [1.807, 2.05) is 0 Å². The zero-order valence-corrected chi connectivity index (χ0v) is 8.17. The molecular weight excluding hydrogens is 212 g/mol. The fraction of sp³-hybridized carbons (Fsp3) is 0.182. The maximum atomic E-state index is 11.4. The second-order valence-corrected chi connectivity index (χ2v) is 3.38. The minimum atomic E-state index is -0.748. The van der Waals surface area contributed by atoms with Gasteiger partial charge in [-0.2, -0.15) is 0 Å². The Labute approximate surface area is 90.6 Å². The number of rotatable bonds is 3. The van der Waals surface area contributed by atoms with E-state index < -0.39 is 12.1 Å². The van der Waals surface area contributed by atoms with Gasteiger partial charge in [0.05, 0.1) is 12.2 Å². The molecule has 16 heavy (non-hydrogen) atoms.